The van der Waals surface area contributed by atoms with E-state index in [4.69, 9.17) is 19.7 Å². The summed E-state index contributed by atoms with van der Waals surface area (Å²) in [6.07, 6.45) is 13.1. The molecule has 0 bridgehead atoms. The van der Waals surface area contributed by atoms with Gasteiger partial charge in [-0.3, -0.25) is 9.59 Å². The zero-order chi connectivity index (χ0) is 25.7. The Morgan fingerprint density at radius 3 is 1.54 bits per heavy atom. The maximum absolute atomic E-state index is 11.6. The first-order chi connectivity index (χ1) is 16.7. The molecule has 2 saturated carbocycles. The van der Waals surface area contributed by atoms with Gasteiger partial charge in [0.25, 0.3) is 0 Å². The number of esters is 2. The van der Waals surface area contributed by atoms with Gasteiger partial charge in [-0.15, -0.1) is 0 Å². The number of carbonyl (C=O) groups excluding carboxylic acids is 2. The van der Waals surface area contributed by atoms with E-state index < -0.39 is 29.3 Å². The monoisotopic (exact) mass is 488 g/mol. The normalized spacial score (nSPS) is 17.2. The topological polar surface area (TPSA) is 127 Å². The first-order valence-corrected chi connectivity index (χ1v) is 12.3. The third kappa shape index (κ3) is 9.92. The van der Waals surface area contributed by atoms with Crippen LogP contribution in [0.3, 0.4) is 0 Å². The van der Waals surface area contributed by atoms with Gasteiger partial charge in [0.05, 0.1) is 0 Å². The van der Waals surface area contributed by atoms with Gasteiger partial charge in [-0.05, 0) is 70.3 Å². The van der Waals surface area contributed by atoms with Gasteiger partial charge in [-0.1, -0.05) is 43.2 Å². The summed E-state index contributed by atoms with van der Waals surface area (Å²) in [7, 11) is 0. The second-order valence-electron chi connectivity index (χ2n) is 9.33. The molecule has 1 aromatic carbocycles. The number of carboxylic acids is 2. The average Bonchev–Trinajstić information content (AvgIpc) is 2.85. The molecule has 8 heteroatoms. The summed E-state index contributed by atoms with van der Waals surface area (Å²) in [5.41, 5.74) is -1.06. The zero-order valence-electron chi connectivity index (χ0n) is 20.3. The van der Waals surface area contributed by atoms with Gasteiger partial charge in [-0.2, -0.15) is 0 Å². The molecule has 8 nitrogen and oxygen atoms in total. The van der Waals surface area contributed by atoms with Crippen molar-refractivity contribution in [3.63, 3.8) is 0 Å². The van der Waals surface area contributed by atoms with Crippen LogP contribution < -0.4 is 0 Å². The molecule has 0 spiro atoms. The van der Waals surface area contributed by atoms with Crippen molar-refractivity contribution in [2.24, 2.45) is 5.41 Å². The summed E-state index contributed by atoms with van der Waals surface area (Å²) in [5.74, 6) is -3.51. The standard InChI is InChI=1S/C16H24O4.C11H12O4/c17-15(19-13-7-3-1-4-8-13)11-12-16(18)20-14-9-5-2-6-10-14;1-11(9(12)13,10(14)15)7-8-5-3-2-4-6-8/h11-14H,1-10H2;2-6H,7H2,1H3,(H,12,13)(H,14,15)/b12-11-;. The predicted octanol–water partition coefficient (Wildman–Crippen LogP) is 4.70. The molecule has 0 saturated heterocycles. The predicted molar refractivity (Wildman–Crippen MR) is 129 cm³/mol. The smallest absolute Gasteiger partial charge is 0.331 e. The van der Waals surface area contributed by atoms with Crippen LogP contribution in [0.15, 0.2) is 42.5 Å². The second kappa shape index (κ2) is 14.3. The molecule has 0 aliphatic heterocycles. The van der Waals surface area contributed by atoms with Gasteiger partial charge in [-0.25, -0.2) is 9.59 Å². The van der Waals surface area contributed by atoms with E-state index in [1.807, 2.05) is 0 Å². The van der Waals surface area contributed by atoms with Gasteiger partial charge in [0.2, 0.25) is 0 Å². The molecule has 0 heterocycles. The van der Waals surface area contributed by atoms with E-state index in [0.717, 1.165) is 51.4 Å². The van der Waals surface area contributed by atoms with E-state index in [0.29, 0.717) is 5.56 Å². The molecule has 0 atom stereocenters. The molecular weight excluding hydrogens is 452 g/mol. The largest absolute Gasteiger partial charge is 0.480 e. The molecule has 0 radical (unpaired) electrons. The third-order valence-electron chi connectivity index (χ3n) is 6.37. The number of carbonyl (C=O) groups is 4. The summed E-state index contributed by atoms with van der Waals surface area (Å²) < 4.78 is 10.6. The molecule has 3 rings (SSSR count). The van der Waals surface area contributed by atoms with Crippen molar-refractivity contribution in [2.75, 3.05) is 0 Å². The Bertz CT molecular complexity index is 816. The number of aliphatic carboxylic acids is 2. The van der Waals surface area contributed by atoms with Gasteiger partial charge in [0.1, 0.15) is 12.2 Å². The molecule has 0 aromatic heterocycles. The van der Waals surface area contributed by atoms with Gasteiger partial charge < -0.3 is 19.7 Å². The van der Waals surface area contributed by atoms with Crippen molar-refractivity contribution in [1.82, 2.24) is 0 Å². The fourth-order valence-corrected chi connectivity index (χ4v) is 4.16. The van der Waals surface area contributed by atoms with Crippen molar-refractivity contribution >= 4 is 23.9 Å². The van der Waals surface area contributed by atoms with Crippen LogP contribution in [0.4, 0.5) is 0 Å². The summed E-state index contributed by atoms with van der Waals surface area (Å²) in [5, 5.41) is 17.8. The van der Waals surface area contributed by atoms with E-state index in [9.17, 15) is 19.2 Å². The number of benzene rings is 1. The lowest BCUT2D eigenvalue weighted by Crippen LogP contribution is -2.38. The van der Waals surface area contributed by atoms with Crippen LogP contribution in [-0.2, 0) is 35.1 Å². The van der Waals surface area contributed by atoms with E-state index in [1.165, 1.54) is 31.9 Å². The molecule has 0 unspecified atom stereocenters. The number of hydrogen-bond donors (Lipinski definition) is 2. The van der Waals surface area contributed by atoms with Crippen molar-refractivity contribution in [2.45, 2.75) is 89.8 Å². The first-order valence-electron chi connectivity index (χ1n) is 12.3. The van der Waals surface area contributed by atoms with Gasteiger partial charge in [0, 0.05) is 12.2 Å². The number of carboxylic acid groups (broad SMARTS) is 2. The maximum atomic E-state index is 11.6. The minimum absolute atomic E-state index is 0.0154. The van der Waals surface area contributed by atoms with Crippen LogP contribution in [0.1, 0.15) is 76.7 Å². The molecule has 0 amide bonds. The molecule has 2 aliphatic rings. The maximum Gasteiger partial charge on any atom is 0.331 e. The number of hydrogen-bond acceptors (Lipinski definition) is 6. The molecule has 192 valence electrons. The quantitative estimate of drug-likeness (QED) is 0.306. The summed E-state index contributed by atoms with van der Waals surface area (Å²) >= 11 is 0. The van der Waals surface area contributed by atoms with Crippen LogP contribution in [0.2, 0.25) is 0 Å². The van der Waals surface area contributed by atoms with E-state index in [1.54, 1.807) is 30.3 Å². The van der Waals surface area contributed by atoms with Crippen molar-refractivity contribution in [3.05, 3.63) is 48.0 Å². The number of ether oxygens (including phenoxy) is 2. The molecule has 2 aliphatic carbocycles. The van der Waals surface area contributed by atoms with Crippen LogP contribution in [0, 0.1) is 5.41 Å². The lowest BCUT2D eigenvalue weighted by molar-refractivity contribution is -0.163. The summed E-state index contributed by atoms with van der Waals surface area (Å²) in [6.45, 7) is 1.21. The molecular formula is C27H36O8. The molecule has 35 heavy (non-hydrogen) atoms. The summed E-state index contributed by atoms with van der Waals surface area (Å²) in [6, 6.07) is 8.72. The Morgan fingerprint density at radius 2 is 1.17 bits per heavy atom. The fourth-order valence-electron chi connectivity index (χ4n) is 4.16. The average molecular weight is 489 g/mol. The Labute approximate surface area is 206 Å². The summed E-state index contributed by atoms with van der Waals surface area (Å²) in [4.78, 5) is 45.0. The highest BCUT2D eigenvalue weighted by Crippen LogP contribution is 2.24. The van der Waals surface area contributed by atoms with Crippen LogP contribution >= 0.6 is 0 Å². The second-order valence-corrected chi connectivity index (χ2v) is 9.33. The minimum atomic E-state index is -1.76. The van der Waals surface area contributed by atoms with Gasteiger partial charge in [0.15, 0.2) is 5.41 Å². The van der Waals surface area contributed by atoms with E-state index >= 15 is 0 Å². The van der Waals surface area contributed by atoms with Crippen molar-refractivity contribution in [1.29, 1.82) is 0 Å². The Morgan fingerprint density at radius 1 is 0.771 bits per heavy atom. The molecule has 1 aromatic rings. The van der Waals surface area contributed by atoms with E-state index in [-0.39, 0.29) is 18.6 Å². The van der Waals surface area contributed by atoms with Gasteiger partial charge >= 0.3 is 23.9 Å². The van der Waals surface area contributed by atoms with Crippen molar-refractivity contribution in [3.8, 4) is 0 Å². The lowest BCUT2D eigenvalue weighted by atomic mass is 9.84. The minimum Gasteiger partial charge on any atom is -0.480 e. The third-order valence-corrected chi connectivity index (χ3v) is 6.37. The number of rotatable bonds is 8. The van der Waals surface area contributed by atoms with Crippen LogP contribution in [0.25, 0.3) is 0 Å². The highest BCUT2D eigenvalue weighted by molar-refractivity contribution is 5.98. The van der Waals surface area contributed by atoms with Crippen molar-refractivity contribution < 1.29 is 38.9 Å². The lowest BCUT2D eigenvalue weighted by Gasteiger charge is -2.21. The molecule has 2 fully saturated rings. The molecule has 2 N–H and O–H groups in total. The Hall–Kier alpha value is -3.16. The van der Waals surface area contributed by atoms with E-state index in [2.05, 4.69) is 0 Å². The fraction of sp³-hybridized carbons (Fsp3) is 0.556. The zero-order valence-corrected chi connectivity index (χ0v) is 20.3. The van der Waals surface area contributed by atoms with Crippen LogP contribution in [0.5, 0.6) is 0 Å². The van der Waals surface area contributed by atoms with Crippen LogP contribution in [-0.4, -0.2) is 46.3 Å². The first kappa shape index (κ1) is 28.1. The SMILES string of the molecule is CC(Cc1ccccc1)(C(=O)O)C(=O)O.O=C(/C=C\C(=O)OC1CCCCC1)OC1CCCCC1. The highest BCUT2D eigenvalue weighted by atomic mass is 16.5. The Kier molecular flexibility index (Phi) is 11.5. The highest BCUT2D eigenvalue weighted by Gasteiger charge is 2.41. The Balaban J connectivity index is 0.000000258.